The molecule has 3 fully saturated rings. The van der Waals surface area contributed by atoms with Crippen LogP contribution in [0.3, 0.4) is 0 Å². The van der Waals surface area contributed by atoms with Gasteiger partial charge in [0.2, 0.25) is 5.91 Å². The van der Waals surface area contributed by atoms with E-state index in [1.165, 1.54) is 25.9 Å². The van der Waals surface area contributed by atoms with Gasteiger partial charge in [0.15, 0.2) is 0 Å². The number of piperidine rings is 1. The van der Waals surface area contributed by atoms with E-state index >= 15 is 0 Å². The lowest BCUT2D eigenvalue weighted by Gasteiger charge is -2.36. The number of rotatable bonds is 13. The van der Waals surface area contributed by atoms with Crippen molar-refractivity contribution < 1.29 is 29.0 Å². The zero-order valence-corrected chi connectivity index (χ0v) is 28.1. The average molecular weight is 663 g/mol. The van der Waals surface area contributed by atoms with Crippen LogP contribution in [0.5, 0.6) is 0 Å². The number of aromatic nitrogens is 1. The molecule has 0 spiro atoms. The number of nitrogens with zero attached hydrogens (tertiary/aromatic N) is 5. The SMILES string of the molecule is CCCCOC(=O)N1CCN(C(=O)[C@H](CCC(=O)O)NC(=O)c2cc(N3CCC(CN4CCCC4)CC3)cc(-c3ccccc3)n2)CC1. The van der Waals surface area contributed by atoms with E-state index in [9.17, 15) is 24.3 Å². The summed E-state index contributed by atoms with van der Waals surface area (Å²) >= 11 is 0. The second-order valence-electron chi connectivity index (χ2n) is 13.1. The topological polar surface area (TPSA) is 136 Å². The number of ether oxygens (including phenoxy) is 1. The molecule has 0 radical (unpaired) electrons. The van der Waals surface area contributed by atoms with Crippen LogP contribution in [0.1, 0.15) is 68.8 Å². The number of hydrogen-bond acceptors (Lipinski definition) is 8. The molecule has 0 aliphatic carbocycles. The third kappa shape index (κ3) is 9.68. The van der Waals surface area contributed by atoms with Gasteiger partial charge >= 0.3 is 12.1 Å². The van der Waals surface area contributed by atoms with Crippen molar-refractivity contribution >= 4 is 29.6 Å². The highest BCUT2D eigenvalue weighted by Crippen LogP contribution is 2.29. The Balaban J connectivity index is 1.28. The largest absolute Gasteiger partial charge is 0.481 e. The first kappa shape index (κ1) is 35.1. The fourth-order valence-electron chi connectivity index (χ4n) is 6.76. The van der Waals surface area contributed by atoms with Crippen LogP contribution in [0.25, 0.3) is 11.3 Å². The molecule has 1 aromatic heterocycles. The molecule has 3 saturated heterocycles. The molecule has 12 nitrogen and oxygen atoms in total. The number of anilines is 1. The molecule has 3 aliphatic rings. The number of likely N-dealkylation sites (tertiary alicyclic amines) is 1. The van der Waals surface area contributed by atoms with Crippen LogP contribution in [-0.4, -0.2) is 120 Å². The predicted octanol–water partition coefficient (Wildman–Crippen LogP) is 4.10. The minimum atomic E-state index is -1.05. The van der Waals surface area contributed by atoms with Gasteiger partial charge in [0.25, 0.3) is 5.91 Å². The molecule has 12 heteroatoms. The molecule has 0 bridgehead atoms. The molecular weight excluding hydrogens is 612 g/mol. The second kappa shape index (κ2) is 17.3. The zero-order chi connectivity index (χ0) is 33.9. The second-order valence-corrected chi connectivity index (χ2v) is 13.1. The molecule has 4 heterocycles. The molecule has 3 aliphatic heterocycles. The normalized spacial score (nSPS) is 18.1. The maximum absolute atomic E-state index is 13.8. The number of hydrogen-bond donors (Lipinski definition) is 2. The molecule has 1 aromatic carbocycles. The highest BCUT2D eigenvalue weighted by Gasteiger charge is 2.32. The number of unbranched alkanes of at least 4 members (excludes halogenated alkanes) is 1. The van der Waals surface area contributed by atoms with Crippen molar-refractivity contribution in [2.45, 2.75) is 64.3 Å². The molecule has 260 valence electrons. The van der Waals surface area contributed by atoms with E-state index in [4.69, 9.17) is 9.72 Å². The number of amides is 3. The van der Waals surface area contributed by atoms with Gasteiger partial charge in [-0.15, -0.1) is 0 Å². The number of carboxylic acids is 1. The smallest absolute Gasteiger partial charge is 0.409 e. The number of aliphatic carboxylic acids is 1. The molecule has 0 unspecified atom stereocenters. The predicted molar refractivity (Wildman–Crippen MR) is 183 cm³/mol. The van der Waals surface area contributed by atoms with Gasteiger partial charge in [0, 0.05) is 63.5 Å². The third-order valence-electron chi connectivity index (χ3n) is 9.63. The Kier molecular flexibility index (Phi) is 12.6. The zero-order valence-electron chi connectivity index (χ0n) is 28.1. The van der Waals surface area contributed by atoms with Gasteiger partial charge in [-0.05, 0) is 69.7 Å². The van der Waals surface area contributed by atoms with E-state index in [1.54, 1.807) is 15.9 Å². The number of pyridine rings is 1. The lowest BCUT2D eigenvalue weighted by molar-refractivity contribution is -0.138. The van der Waals surface area contributed by atoms with Crippen LogP contribution in [0.15, 0.2) is 42.5 Å². The van der Waals surface area contributed by atoms with E-state index in [0.29, 0.717) is 31.3 Å². The average Bonchev–Trinajstić information content (AvgIpc) is 3.63. The monoisotopic (exact) mass is 662 g/mol. The molecule has 3 amide bonds. The Hall–Kier alpha value is -4.19. The van der Waals surface area contributed by atoms with Crippen molar-refractivity contribution in [3.8, 4) is 11.3 Å². The van der Waals surface area contributed by atoms with E-state index < -0.39 is 24.0 Å². The van der Waals surface area contributed by atoms with Crippen molar-refractivity contribution in [3.63, 3.8) is 0 Å². The van der Waals surface area contributed by atoms with Gasteiger partial charge in [0.1, 0.15) is 11.7 Å². The highest BCUT2D eigenvalue weighted by molar-refractivity contribution is 5.97. The minimum absolute atomic E-state index is 0.0606. The van der Waals surface area contributed by atoms with Gasteiger partial charge in [-0.1, -0.05) is 43.7 Å². The third-order valence-corrected chi connectivity index (χ3v) is 9.63. The van der Waals surface area contributed by atoms with E-state index in [2.05, 4.69) is 15.1 Å². The van der Waals surface area contributed by atoms with Crippen LogP contribution in [-0.2, 0) is 14.3 Å². The number of nitrogens with one attached hydrogen (secondary N) is 1. The van der Waals surface area contributed by atoms with E-state index in [-0.39, 0.29) is 37.5 Å². The summed E-state index contributed by atoms with van der Waals surface area (Å²) in [5.74, 6) is -1.30. The summed E-state index contributed by atoms with van der Waals surface area (Å²) in [7, 11) is 0. The molecule has 2 aromatic rings. The number of carbonyl (C=O) groups is 4. The summed E-state index contributed by atoms with van der Waals surface area (Å²) in [5.41, 5.74) is 2.62. The van der Waals surface area contributed by atoms with Crippen molar-refractivity contribution in [3.05, 3.63) is 48.2 Å². The van der Waals surface area contributed by atoms with E-state index in [0.717, 1.165) is 56.6 Å². The Morgan fingerprint density at radius 1 is 0.938 bits per heavy atom. The fraction of sp³-hybridized carbons (Fsp3) is 0.583. The van der Waals surface area contributed by atoms with Crippen molar-refractivity contribution in [2.75, 3.05) is 70.4 Å². The first-order valence-electron chi connectivity index (χ1n) is 17.6. The summed E-state index contributed by atoms with van der Waals surface area (Å²) in [4.78, 5) is 64.2. The Bertz CT molecular complexity index is 1380. The Morgan fingerprint density at radius 2 is 1.62 bits per heavy atom. The Labute approximate surface area is 283 Å². The lowest BCUT2D eigenvalue weighted by atomic mass is 9.95. The number of benzene rings is 1. The lowest BCUT2D eigenvalue weighted by Crippen LogP contribution is -2.56. The summed E-state index contributed by atoms with van der Waals surface area (Å²) in [5, 5.41) is 12.2. The van der Waals surface area contributed by atoms with Crippen molar-refractivity contribution in [1.82, 2.24) is 25.0 Å². The molecule has 1 atom stereocenters. The first-order valence-corrected chi connectivity index (χ1v) is 17.6. The van der Waals surface area contributed by atoms with Gasteiger partial charge in [-0.25, -0.2) is 9.78 Å². The molecular formula is C36H50N6O6. The highest BCUT2D eigenvalue weighted by atomic mass is 16.6. The molecule has 48 heavy (non-hydrogen) atoms. The quantitative estimate of drug-likeness (QED) is 0.304. The first-order chi connectivity index (χ1) is 23.3. The summed E-state index contributed by atoms with van der Waals surface area (Å²) < 4.78 is 5.31. The van der Waals surface area contributed by atoms with Gasteiger partial charge in [-0.3, -0.25) is 14.4 Å². The van der Waals surface area contributed by atoms with Crippen LogP contribution in [0.4, 0.5) is 10.5 Å². The molecule has 0 saturated carbocycles. The number of piperazine rings is 1. The van der Waals surface area contributed by atoms with Gasteiger partial charge in [0.05, 0.1) is 12.3 Å². The van der Waals surface area contributed by atoms with Crippen molar-refractivity contribution in [1.29, 1.82) is 0 Å². The van der Waals surface area contributed by atoms with Gasteiger partial charge in [-0.2, -0.15) is 0 Å². The van der Waals surface area contributed by atoms with Crippen LogP contribution >= 0.6 is 0 Å². The number of carboxylic acid groups (broad SMARTS) is 1. The van der Waals surface area contributed by atoms with Crippen LogP contribution in [0, 0.1) is 5.92 Å². The maximum atomic E-state index is 13.8. The standard InChI is InChI=1S/C36H50N6O6/c1-2-3-23-48-36(47)42-21-19-41(20-22-42)35(46)30(11-12-33(43)44)38-34(45)32-25-29(24-31(37-32)28-9-5-4-6-10-28)40-17-13-27(14-18-40)26-39-15-7-8-16-39/h4-6,9-10,24-25,27,30H,2-3,7-8,11-23,26H2,1H3,(H,38,45)(H,43,44)/t30-/m0/s1. The maximum Gasteiger partial charge on any atom is 0.409 e. The van der Waals surface area contributed by atoms with Crippen LogP contribution < -0.4 is 10.2 Å². The summed E-state index contributed by atoms with van der Waals surface area (Å²) in [6.45, 7) is 8.82. The van der Waals surface area contributed by atoms with Crippen LogP contribution in [0.2, 0.25) is 0 Å². The van der Waals surface area contributed by atoms with E-state index in [1.807, 2.05) is 43.3 Å². The molecule has 5 rings (SSSR count). The number of carbonyl (C=O) groups excluding carboxylic acids is 3. The molecule has 2 N–H and O–H groups in total. The summed E-state index contributed by atoms with van der Waals surface area (Å²) in [6, 6.07) is 12.4. The van der Waals surface area contributed by atoms with Crippen molar-refractivity contribution in [2.24, 2.45) is 5.92 Å². The van der Waals surface area contributed by atoms with Gasteiger partial charge < -0.3 is 34.8 Å². The fourth-order valence-corrected chi connectivity index (χ4v) is 6.76. The summed E-state index contributed by atoms with van der Waals surface area (Å²) in [6.07, 6.45) is 5.71. The Morgan fingerprint density at radius 3 is 2.29 bits per heavy atom. The minimum Gasteiger partial charge on any atom is -0.481 e.